The monoisotopic (exact) mass is 331 g/mol. The number of rotatable bonds is 5. The van der Waals surface area contributed by atoms with E-state index >= 15 is 0 Å². The van der Waals surface area contributed by atoms with Crippen LogP contribution in [0, 0.1) is 5.92 Å². The Morgan fingerprint density at radius 1 is 1.14 bits per heavy atom. The van der Waals surface area contributed by atoms with Gasteiger partial charge >= 0.3 is 0 Å². The summed E-state index contributed by atoms with van der Waals surface area (Å²) in [6, 6.07) is 0. The number of hydrogen-bond acceptors (Lipinski definition) is 3. The molecule has 3 saturated heterocycles. The van der Waals surface area contributed by atoms with Gasteiger partial charge in [-0.25, -0.2) is 0 Å². The fourth-order valence-corrected chi connectivity index (χ4v) is 3.97. The van der Waals surface area contributed by atoms with Gasteiger partial charge in [-0.1, -0.05) is 19.8 Å². The molecule has 121 valence electrons. The quantitative estimate of drug-likeness (QED) is 0.771. The summed E-state index contributed by atoms with van der Waals surface area (Å²) in [5.41, 5.74) is 0.357. The Labute approximate surface area is 141 Å². The maximum Gasteiger partial charge on any atom is 0.0807 e. The molecule has 3 aliphatic heterocycles. The standard InChI is InChI=1S/C16H30N3O.V/c1-2-8-19-11-10-18(12-16(19)13-20-14-16)9-5-15-3-6-17-7-4-15;/h15H,2-14H2,1H3;/q-1;. The molecule has 3 fully saturated rings. The van der Waals surface area contributed by atoms with Gasteiger partial charge in [-0.05, 0) is 31.8 Å². The average molecular weight is 331 g/mol. The Morgan fingerprint density at radius 3 is 2.52 bits per heavy atom. The van der Waals surface area contributed by atoms with E-state index in [4.69, 9.17) is 4.74 Å². The van der Waals surface area contributed by atoms with Crippen molar-refractivity contribution in [3.05, 3.63) is 5.32 Å². The first-order valence-corrected chi connectivity index (χ1v) is 8.51. The molecule has 3 rings (SSSR count). The van der Waals surface area contributed by atoms with E-state index in [1.807, 2.05) is 0 Å². The van der Waals surface area contributed by atoms with Crippen LogP contribution < -0.4 is 0 Å². The fourth-order valence-electron chi connectivity index (χ4n) is 3.97. The second kappa shape index (κ2) is 8.33. The van der Waals surface area contributed by atoms with Crippen LogP contribution in [0.15, 0.2) is 0 Å². The largest absolute Gasteiger partial charge is 0.662 e. The minimum Gasteiger partial charge on any atom is -0.662 e. The molecule has 1 radical (unpaired) electrons. The molecule has 0 aromatic heterocycles. The molecule has 0 saturated carbocycles. The van der Waals surface area contributed by atoms with E-state index < -0.39 is 0 Å². The molecule has 0 bridgehead atoms. The molecule has 0 aliphatic carbocycles. The maximum atomic E-state index is 5.55. The summed E-state index contributed by atoms with van der Waals surface area (Å²) in [5, 5.41) is 4.46. The van der Waals surface area contributed by atoms with Gasteiger partial charge in [0.05, 0.1) is 18.8 Å². The summed E-state index contributed by atoms with van der Waals surface area (Å²) in [5.74, 6) is 0.926. The topological polar surface area (TPSA) is 29.8 Å². The SMILES string of the molecule is CCCN1CCN(CCC2CC[N-]CC2)CC12COC2.[V]. The zero-order valence-electron chi connectivity index (χ0n) is 13.5. The Balaban J connectivity index is 0.00000161. The van der Waals surface area contributed by atoms with Crippen molar-refractivity contribution in [2.45, 2.75) is 38.1 Å². The van der Waals surface area contributed by atoms with Crippen molar-refractivity contribution >= 4 is 0 Å². The van der Waals surface area contributed by atoms with E-state index in [1.54, 1.807) is 0 Å². The third-order valence-corrected chi connectivity index (χ3v) is 5.35. The molecular formula is C16H30N3OV-. The van der Waals surface area contributed by atoms with Crippen molar-refractivity contribution in [1.82, 2.24) is 9.80 Å². The molecule has 3 heterocycles. The van der Waals surface area contributed by atoms with Crippen LogP contribution in [0.5, 0.6) is 0 Å². The number of nitrogens with zero attached hydrogens (tertiary/aromatic N) is 3. The maximum absolute atomic E-state index is 5.55. The first kappa shape index (κ1) is 17.8. The first-order chi connectivity index (χ1) is 9.82. The molecule has 1 spiro atoms. The van der Waals surface area contributed by atoms with E-state index in [2.05, 4.69) is 22.0 Å². The van der Waals surface area contributed by atoms with Gasteiger partial charge < -0.3 is 15.0 Å². The summed E-state index contributed by atoms with van der Waals surface area (Å²) in [7, 11) is 0. The van der Waals surface area contributed by atoms with Crippen LogP contribution in [-0.4, -0.2) is 74.4 Å². The van der Waals surface area contributed by atoms with E-state index in [0.29, 0.717) is 5.54 Å². The molecule has 0 atom stereocenters. The molecule has 0 N–H and O–H groups in total. The number of hydrogen-bond donors (Lipinski definition) is 0. The summed E-state index contributed by atoms with van der Waals surface area (Å²) in [6.07, 6.45) is 5.28. The molecular weight excluding hydrogens is 301 g/mol. The zero-order chi connectivity index (χ0) is 13.8. The summed E-state index contributed by atoms with van der Waals surface area (Å²) in [6.45, 7) is 12.6. The molecule has 0 unspecified atom stereocenters. The van der Waals surface area contributed by atoms with Gasteiger partial charge in [0.1, 0.15) is 0 Å². The van der Waals surface area contributed by atoms with Gasteiger partial charge in [0.15, 0.2) is 0 Å². The summed E-state index contributed by atoms with van der Waals surface area (Å²) < 4.78 is 5.55. The van der Waals surface area contributed by atoms with E-state index in [9.17, 15) is 0 Å². The van der Waals surface area contributed by atoms with Gasteiger partial charge in [0.25, 0.3) is 0 Å². The molecule has 0 aromatic carbocycles. The van der Waals surface area contributed by atoms with Crippen LogP contribution in [0.3, 0.4) is 0 Å². The second-order valence-corrected chi connectivity index (χ2v) is 6.88. The van der Waals surface area contributed by atoms with E-state index in [0.717, 1.165) is 32.2 Å². The Hall–Kier alpha value is 0.424. The average Bonchev–Trinajstić information content (AvgIpc) is 2.46. The fraction of sp³-hybridized carbons (Fsp3) is 1.00. The number of piperazine rings is 1. The van der Waals surface area contributed by atoms with Crippen molar-refractivity contribution in [3.63, 3.8) is 0 Å². The van der Waals surface area contributed by atoms with Crippen LogP contribution in [0.1, 0.15) is 32.6 Å². The first-order valence-electron chi connectivity index (χ1n) is 8.51. The Kier molecular flexibility index (Phi) is 7.05. The molecule has 0 aromatic rings. The predicted molar refractivity (Wildman–Crippen MR) is 82.3 cm³/mol. The smallest absolute Gasteiger partial charge is 0.0807 e. The second-order valence-electron chi connectivity index (χ2n) is 6.88. The number of ether oxygens (including phenoxy) is 1. The van der Waals surface area contributed by atoms with Crippen LogP contribution >= 0.6 is 0 Å². The third kappa shape index (κ3) is 4.24. The van der Waals surface area contributed by atoms with Crippen molar-refractivity contribution in [3.8, 4) is 0 Å². The van der Waals surface area contributed by atoms with E-state index in [-0.39, 0.29) is 18.6 Å². The molecule has 3 aliphatic rings. The van der Waals surface area contributed by atoms with Crippen molar-refractivity contribution < 1.29 is 23.3 Å². The minimum atomic E-state index is 0. The van der Waals surface area contributed by atoms with Crippen molar-refractivity contribution in [1.29, 1.82) is 0 Å². The van der Waals surface area contributed by atoms with Crippen LogP contribution in [-0.2, 0) is 23.3 Å². The van der Waals surface area contributed by atoms with Gasteiger partial charge in [0, 0.05) is 38.2 Å². The molecule has 0 amide bonds. The summed E-state index contributed by atoms with van der Waals surface area (Å²) in [4.78, 5) is 5.38. The normalized spacial score (nSPS) is 27.3. The van der Waals surface area contributed by atoms with Crippen molar-refractivity contribution in [2.75, 3.05) is 59.0 Å². The van der Waals surface area contributed by atoms with Crippen LogP contribution in [0.25, 0.3) is 5.32 Å². The van der Waals surface area contributed by atoms with Crippen LogP contribution in [0.4, 0.5) is 0 Å². The minimum absolute atomic E-state index is 0. The van der Waals surface area contributed by atoms with Gasteiger partial charge in [0.2, 0.25) is 0 Å². The Bertz CT molecular complexity index is 306. The third-order valence-electron chi connectivity index (χ3n) is 5.35. The van der Waals surface area contributed by atoms with Gasteiger partial charge in [-0.15, -0.1) is 13.1 Å². The zero-order valence-corrected chi connectivity index (χ0v) is 14.9. The van der Waals surface area contributed by atoms with E-state index in [1.165, 1.54) is 58.4 Å². The molecule has 5 heteroatoms. The predicted octanol–water partition coefficient (Wildman–Crippen LogP) is 1.95. The van der Waals surface area contributed by atoms with Gasteiger partial charge in [-0.3, -0.25) is 4.90 Å². The Morgan fingerprint density at radius 2 is 1.90 bits per heavy atom. The molecule has 4 nitrogen and oxygen atoms in total. The van der Waals surface area contributed by atoms with Crippen molar-refractivity contribution in [2.24, 2.45) is 5.92 Å². The number of piperidine rings is 1. The van der Waals surface area contributed by atoms with Gasteiger partial charge in [-0.2, -0.15) is 0 Å². The molecule has 21 heavy (non-hydrogen) atoms. The summed E-state index contributed by atoms with van der Waals surface area (Å²) >= 11 is 0. The van der Waals surface area contributed by atoms with Crippen LogP contribution in [0.2, 0.25) is 0 Å².